The van der Waals surface area contributed by atoms with E-state index in [1.54, 1.807) is 24.3 Å². The summed E-state index contributed by atoms with van der Waals surface area (Å²) in [5, 5.41) is 0. The third-order valence-corrected chi connectivity index (χ3v) is 6.85. The van der Waals surface area contributed by atoms with Gasteiger partial charge in [-0.05, 0) is 31.0 Å². The summed E-state index contributed by atoms with van der Waals surface area (Å²) in [7, 11) is -3.56. The molecule has 1 fully saturated rings. The number of benzene rings is 2. The Balaban J connectivity index is 2.09. The van der Waals surface area contributed by atoms with Gasteiger partial charge in [-0.25, -0.2) is 8.42 Å². The Morgan fingerprint density at radius 3 is 2.00 bits per heavy atom. The van der Waals surface area contributed by atoms with Crippen molar-refractivity contribution in [2.24, 2.45) is 0 Å². The van der Waals surface area contributed by atoms with Gasteiger partial charge in [-0.3, -0.25) is 0 Å². The highest BCUT2D eigenvalue weighted by atomic mass is 32.2. The smallest absolute Gasteiger partial charge is 0.211 e. The molecule has 0 bridgehead atoms. The zero-order valence-electron chi connectivity index (χ0n) is 12.1. The molecule has 0 N–H and O–H groups in total. The van der Waals surface area contributed by atoms with Crippen LogP contribution < -0.4 is 0 Å². The fraction of sp³-hybridized carbons (Fsp3) is 0.294. The Hall–Kier alpha value is -1.65. The zero-order chi connectivity index (χ0) is 15.1. The first kappa shape index (κ1) is 14.3. The molecule has 0 aromatic heterocycles. The van der Waals surface area contributed by atoms with Crippen LogP contribution in [0, 0.1) is 0 Å². The molecule has 3 rings (SSSR count). The molecular formula is C17H18O3S. The maximum absolute atomic E-state index is 13.0. The topological polar surface area (TPSA) is 46.7 Å². The van der Waals surface area contributed by atoms with Crippen molar-refractivity contribution in [3.05, 3.63) is 66.2 Å². The molecule has 110 valence electrons. The normalized spacial score (nSPS) is 28.3. The Bertz CT molecular complexity index is 740. The predicted molar refractivity (Wildman–Crippen MR) is 81.5 cm³/mol. The van der Waals surface area contributed by atoms with Crippen molar-refractivity contribution in [1.29, 1.82) is 0 Å². The SMILES string of the molecule is CCC1(S(=O)(=O)c2ccccc2)OC1(C)c1ccccc1. The quantitative estimate of drug-likeness (QED) is 0.812. The molecule has 0 aliphatic carbocycles. The van der Waals surface area contributed by atoms with Crippen LogP contribution in [0.3, 0.4) is 0 Å². The molecule has 1 aliphatic heterocycles. The molecule has 4 heteroatoms. The van der Waals surface area contributed by atoms with E-state index in [0.717, 1.165) is 5.56 Å². The van der Waals surface area contributed by atoms with Crippen LogP contribution >= 0.6 is 0 Å². The van der Waals surface area contributed by atoms with E-state index in [9.17, 15) is 8.42 Å². The van der Waals surface area contributed by atoms with E-state index in [-0.39, 0.29) is 0 Å². The predicted octanol–water partition coefficient (Wildman–Crippen LogP) is 3.51. The summed E-state index contributed by atoms with van der Waals surface area (Å²) in [6, 6.07) is 18.1. The van der Waals surface area contributed by atoms with Crippen molar-refractivity contribution in [2.75, 3.05) is 0 Å². The summed E-state index contributed by atoms with van der Waals surface area (Å²) >= 11 is 0. The second kappa shape index (κ2) is 4.68. The van der Waals surface area contributed by atoms with Crippen LogP contribution in [0.15, 0.2) is 65.6 Å². The highest BCUT2D eigenvalue weighted by molar-refractivity contribution is 7.93. The van der Waals surface area contributed by atoms with Gasteiger partial charge >= 0.3 is 0 Å². The first-order valence-electron chi connectivity index (χ1n) is 7.03. The monoisotopic (exact) mass is 302 g/mol. The lowest BCUT2D eigenvalue weighted by atomic mass is 9.96. The van der Waals surface area contributed by atoms with Crippen molar-refractivity contribution >= 4 is 9.84 Å². The van der Waals surface area contributed by atoms with Gasteiger partial charge in [-0.1, -0.05) is 55.5 Å². The standard InChI is InChI=1S/C17H18O3S/c1-3-17(21(18,19)15-12-8-5-9-13-15)16(2,20-17)14-10-6-4-7-11-14/h4-13H,3H2,1-2H3. The number of hydrogen-bond donors (Lipinski definition) is 0. The van der Waals surface area contributed by atoms with Crippen molar-refractivity contribution < 1.29 is 13.2 Å². The Kier molecular flexibility index (Phi) is 3.19. The third kappa shape index (κ3) is 1.86. The van der Waals surface area contributed by atoms with Crippen LogP contribution in [0.5, 0.6) is 0 Å². The number of hydrogen-bond acceptors (Lipinski definition) is 3. The first-order chi connectivity index (χ1) is 9.98. The van der Waals surface area contributed by atoms with Crippen LogP contribution in [0.2, 0.25) is 0 Å². The minimum absolute atomic E-state index is 0.312. The molecule has 0 saturated carbocycles. The van der Waals surface area contributed by atoms with Gasteiger partial charge < -0.3 is 4.74 Å². The van der Waals surface area contributed by atoms with E-state index in [1.165, 1.54) is 0 Å². The van der Waals surface area contributed by atoms with Crippen LogP contribution in [0.25, 0.3) is 0 Å². The summed E-state index contributed by atoms with van der Waals surface area (Å²) in [6.45, 7) is 3.71. The van der Waals surface area contributed by atoms with Gasteiger partial charge in [0.05, 0.1) is 4.90 Å². The fourth-order valence-corrected chi connectivity index (χ4v) is 5.22. The van der Waals surface area contributed by atoms with E-state index in [4.69, 9.17) is 4.74 Å². The highest BCUT2D eigenvalue weighted by Gasteiger charge is 2.74. The van der Waals surface area contributed by atoms with Crippen LogP contribution in [0.4, 0.5) is 0 Å². The molecule has 2 unspecified atom stereocenters. The van der Waals surface area contributed by atoms with Gasteiger partial charge in [0.25, 0.3) is 0 Å². The molecular weight excluding hydrogens is 284 g/mol. The Morgan fingerprint density at radius 1 is 0.952 bits per heavy atom. The zero-order valence-corrected chi connectivity index (χ0v) is 12.9. The lowest BCUT2D eigenvalue weighted by Crippen LogP contribution is -2.31. The molecule has 21 heavy (non-hydrogen) atoms. The summed E-state index contributed by atoms with van der Waals surface area (Å²) in [6.07, 6.45) is 0.412. The highest BCUT2D eigenvalue weighted by Crippen LogP contribution is 2.62. The molecule has 1 aliphatic rings. The Morgan fingerprint density at radius 2 is 1.48 bits per heavy atom. The van der Waals surface area contributed by atoms with E-state index in [0.29, 0.717) is 11.3 Å². The van der Waals surface area contributed by atoms with Crippen LogP contribution in [0.1, 0.15) is 25.8 Å². The minimum atomic E-state index is -3.56. The average Bonchev–Trinajstić information content (AvgIpc) is 3.18. The van der Waals surface area contributed by atoms with Gasteiger partial charge in [0, 0.05) is 0 Å². The molecule has 0 amide bonds. The summed E-state index contributed by atoms with van der Waals surface area (Å²) in [4.78, 5) is -0.866. The molecule has 0 spiro atoms. The largest absolute Gasteiger partial charge is 0.340 e. The average molecular weight is 302 g/mol. The van der Waals surface area contributed by atoms with Crippen LogP contribution in [-0.2, 0) is 20.2 Å². The fourth-order valence-electron chi connectivity index (χ4n) is 3.04. The molecule has 1 heterocycles. The third-order valence-electron chi connectivity index (χ3n) is 4.33. The molecule has 1 saturated heterocycles. The second-order valence-electron chi connectivity index (χ2n) is 5.42. The van der Waals surface area contributed by atoms with Crippen molar-refractivity contribution in [3.63, 3.8) is 0 Å². The number of rotatable bonds is 4. The maximum Gasteiger partial charge on any atom is 0.211 e. The summed E-state index contributed by atoms with van der Waals surface area (Å²) < 4.78 is 31.9. The van der Waals surface area contributed by atoms with Gasteiger partial charge in [-0.2, -0.15) is 0 Å². The molecule has 3 nitrogen and oxygen atoms in total. The first-order valence-corrected chi connectivity index (χ1v) is 8.52. The second-order valence-corrected chi connectivity index (χ2v) is 7.56. The minimum Gasteiger partial charge on any atom is -0.340 e. The van der Waals surface area contributed by atoms with Crippen molar-refractivity contribution in [1.82, 2.24) is 0 Å². The van der Waals surface area contributed by atoms with Gasteiger partial charge in [0.15, 0.2) is 0 Å². The number of ether oxygens (including phenoxy) is 1. The van der Waals surface area contributed by atoms with E-state index in [2.05, 4.69) is 0 Å². The summed E-state index contributed by atoms with van der Waals surface area (Å²) in [5.41, 5.74) is 0.101. The maximum atomic E-state index is 13.0. The van der Waals surface area contributed by atoms with Gasteiger partial charge in [0.2, 0.25) is 14.8 Å². The van der Waals surface area contributed by atoms with Gasteiger partial charge in [0.1, 0.15) is 5.60 Å². The van der Waals surface area contributed by atoms with Crippen molar-refractivity contribution in [3.8, 4) is 0 Å². The molecule has 2 aromatic rings. The van der Waals surface area contributed by atoms with E-state index in [1.807, 2.05) is 50.2 Å². The number of epoxide rings is 1. The summed E-state index contributed by atoms with van der Waals surface area (Å²) in [5.74, 6) is 0. The van der Waals surface area contributed by atoms with E-state index < -0.39 is 20.4 Å². The van der Waals surface area contributed by atoms with Gasteiger partial charge in [-0.15, -0.1) is 0 Å². The molecule has 2 aromatic carbocycles. The van der Waals surface area contributed by atoms with Crippen molar-refractivity contribution in [2.45, 2.75) is 35.7 Å². The van der Waals surface area contributed by atoms with Crippen LogP contribution in [-0.4, -0.2) is 13.4 Å². The molecule has 0 radical (unpaired) electrons. The van der Waals surface area contributed by atoms with E-state index >= 15 is 0 Å². The lowest BCUT2D eigenvalue weighted by molar-refractivity contribution is 0.297. The molecule has 2 atom stereocenters. The number of sulfone groups is 1. The lowest BCUT2D eigenvalue weighted by Gasteiger charge is -2.16. The Labute approximate surface area is 125 Å².